The molecule has 7 nitrogen and oxygen atoms in total. The Hall–Kier alpha value is -2.96. The molecule has 7 heteroatoms. The Morgan fingerprint density at radius 1 is 1.18 bits per heavy atom. The Morgan fingerprint density at radius 2 is 1.82 bits per heavy atom. The lowest BCUT2D eigenvalue weighted by atomic mass is 10.1. The van der Waals surface area contributed by atoms with Crippen LogP contribution in [0, 0.1) is 10.1 Å². The summed E-state index contributed by atoms with van der Waals surface area (Å²) in [5.41, 5.74) is 1.32. The van der Waals surface area contributed by atoms with E-state index in [1.54, 1.807) is 23.7 Å². The topological polar surface area (TPSA) is 91.4 Å². The number of hydrogen-bond acceptors (Lipinski definition) is 5. The van der Waals surface area contributed by atoms with Gasteiger partial charge in [0.2, 0.25) is 5.78 Å². The molecule has 0 aliphatic carbocycles. The van der Waals surface area contributed by atoms with Gasteiger partial charge in [-0.05, 0) is 24.3 Å². The van der Waals surface area contributed by atoms with Gasteiger partial charge in [0, 0.05) is 30.4 Å². The molecular formula is C15H14N2O5. The molecule has 22 heavy (non-hydrogen) atoms. The normalized spacial score (nSPS) is 10.3. The van der Waals surface area contributed by atoms with Crippen LogP contribution in [0.3, 0.4) is 0 Å². The summed E-state index contributed by atoms with van der Waals surface area (Å²) in [6.45, 7) is 0. The van der Waals surface area contributed by atoms with Crippen molar-refractivity contribution in [3.63, 3.8) is 0 Å². The molecule has 0 saturated heterocycles. The molecule has 0 aliphatic heterocycles. The Labute approximate surface area is 126 Å². The predicted molar refractivity (Wildman–Crippen MR) is 77.7 cm³/mol. The SMILES string of the molecule is COC(=O)Cc1ccc(C(=O)c2ccc([N+](=O)[O-])cc2)n1C. The van der Waals surface area contributed by atoms with Crippen molar-refractivity contribution in [2.75, 3.05) is 7.11 Å². The summed E-state index contributed by atoms with van der Waals surface area (Å²) in [7, 11) is 2.98. The Morgan fingerprint density at radius 3 is 2.36 bits per heavy atom. The molecule has 0 saturated carbocycles. The average Bonchev–Trinajstić information content (AvgIpc) is 2.87. The molecule has 0 radical (unpaired) electrons. The van der Waals surface area contributed by atoms with Gasteiger partial charge in [-0.15, -0.1) is 0 Å². The lowest BCUT2D eigenvalue weighted by Crippen LogP contribution is -2.12. The first-order valence-electron chi connectivity index (χ1n) is 6.44. The Kier molecular flexibility index (Phi) is 4.36. The highest BCUT2D eigenvalue weighted by molar-refractivity contribution is 6.08. The largest absolute Gasteiger partial charge is 0.469 e. The van der Waals surface area contributed by atoms with Crippen molar-refractivity contribution in [2.45, 2.75) is 6.42 Å². The lowest BCUT2D eigenvalue weighted by molar-refractivity contribution is -0.384. The van der Waals surface area contributed by atoms with E-state index in [0.717, 1.165) is 0 Å². The van der Waals surface area contributed by atoms with Crippen LogP contribution in [-0.2, 0) is 23.0 Å². The van der Waals surface area contributed by atoms with Gasteiger partial charge in [0.15, 0.2) is 0 Å². The number of carbonyl (C=O) groups is 2. The van der Waals surface area contributed by atoms with E-state index < -0.39 is 10.9 Å². The summed E-state index contributed by atoms with van der Waals surface area (Å²) in [6.07, 6.45) is 0.0700. The molecule has 1 aromatic heterocycles. The van der Waals surface area contributed by atoms with Gasteiger partial charge in [-0.1, -0.05) is 0 Å². The van der Waals surface area contributed by atoms with Crippen LogP contribution < -0.4 is 0 Å². The summed E-state index contributed by atoms with van der Waals surface area (Å²) in [5.74, 6) is -0.663. The van der Waals surface area contributed by atoms with Crippen LogP contribution in [-0.4, -0.2) is 28.4 Å². The van der Waals surface area contributed by atoms with Gasteiger partial charge in [0.05, 0.1) is 24.1 Å². The molecule has 114 valence electrons. The molecule has 0 fully saturated rings. The fourth-order valence-corrected chi connectivity index (χ4v) is 2.06. The maximum atomic E-state index is 12.4. The average molecular weight is 302 g/mol. The zero-order valence-electron chi connectivity index (χ0n) is 12.1. The predicted octanol–water partition coefficient (Wildman–Crippen LogP) is 1.88. The summed E-state index contributed by atoms with van der Waals surface area (Å²) in [4.78, 5) is 33.8. The molecule has 0 aliphatic rings. The minimum absolute atomic E-state index is 0.0700. The van der Waals surface area contributed by atoms with E-state index in [-0.39, 0.29) is 17.9 Å². The van der Waals surface area contributed by atoms with Crippen molar-refractivity contribution in [3.8, 4) is 0 Å². The Balaban J connectivity index is 2.26. The van der Waals surface area contributed by atoms with Crippen molar-refractivity contribution < 1.29 is 19.2 Å². The van der Waals surface area contributed by atoms with Crippen molar-refractivity contribution in [3.05, 3.63) is 63.5 Å². The van der Waals surface area contributed by atoms with Crippen LogP contribution in [0.4, 0.5) is 5.69 Å². The maximum Gasteiger partial charge on any atom is 0.311 e. The van der Waals surface area contributed by atoms with E-state index in [0.29, 0.717) is 17.0 Å². The first kappa shape index (κ1) is 15.4. The summed E-state index contributed by atoms with van der Waals surface area (Å²) < 4.78 is 6.21. The van der Waals surface area contributed by atoms with Crippen LogP contribution in [0.5, 0.6) is 0 Å². The molecular weight excluding hydrogens is 288 g/mol. The number of carbonyl (C=O) groups excluding carboxylic acids is 2. The van der Waals surface area contributed by atoms with E-state index in [4.69, 9.17) is 0 Å². The number of nitro benzene ring substituents is 1. The molecule has 0 unspecified atom stereocenters. The zero-order valence-corrected chi connectivity index (χ0v) is 12.1. The fourth-order valence-electron chi connectivity index (χ4n) is 2.06. The van der Waals surface area contributed by atoms with E-state index in [1.807, 2.05) is 0 Å². The van der Waals surface area contributed by atoms with Gasteiger partial charge in [0.25, 0.3) is 5.69 Å². The molecule has 0 N–H and O–H groups in total. The molecule has 2 rings (SSSR count). The summed E-state index contributed by atoms with van der Waals surface area (Å²) >= 11 is 0. The summed E-state index contributed by atoms with van der Waals surface area (Å²) in [5, 5.41) is 10.6. The number of hydrogen-bond donors (Lipinski definition) is 0. The van der Waals surface area contributed by atoms with Gasteiger partial charge >= 0.3 is 5.97 Å². The molecule has 1 aromatic carbocycles. The highest BCUT2D eigenvalue weighted by Crippen LogP contribution is 2.17. The lowest BCUT2D eigenvalue weighted by Gasteiger charge is -2.06. The second-order valence-electron chi connectivity index (χ2n) is 4.65. The van der Waals surface area contributed by atoms with Crippen molar-refractivity contribution >= 4 is 17.4 Å². The van der Waals surface area contributed by atoms with E-state index >= 15 is 0 Å². The van der Waals surface area contributed by atoms with Crippen molar-refractivity contribution in [2.24, 2.45) is 7.05 Å². The number of nitrogens with zero attached hydrogens (tertiary/aromatic N) is 2. The highest BCUT2D eigenvalue weighted by atomic mass is 16.6. The third kappa shape index (κ3) is 3.03. The number of methoxy groups -OCH3 is 1. The maximum absolute atomic E-state index is 12.4. The molecule has 0 atom stereocenters. The second kappa shape index (κ2) is 6.21. The monoisotopic (exact) mass is 302 g/mol. The van der Waals surface area contributed by atoms with Gasteiger partial charge < -0.3 is 9.30 Å². The highest BCUT2D eigenvalue weighted by Gasteiger charge is 2.17. The van der Waals surface area contributed by atoms with Crippen LogP contribution in [0.1, 0.15) is 21.7 Å². The standard InChI is InChI=1S/C15H14N2O5/c1-16-12(9-14(18)22-2)7-8-13(16)15(19)10-3-5-11(6-4-10)17(20)21/h3-8H,9H2,1-2H3. The minimum Gasteiger partial charge on any atom is -0.469 e. The molecule has 0 bridgehead atoms. The quantitative estimate of drug-likeness (QED) is 0.364. The fraction of sp³-hybridized carbons (Fsp3) is 0.200. The number of rotatable bonds is 5. The molecule has 0 spiro atoms. The number of nitro groups is 1. The number of aromatic nitrogens is 1. The summed E-state index contributed by atoms with van der Waals surface area (Å²) in [6, 6.07) is 8.68. The van der Waals surface area contributed by atoms with Gasteiger partial charge in [-0.3, -0.25) is 19.7 Å². The molecule has 0 amide bonds. The first-order valence-corrected chi connectivity index (χ1v) is 6.44. The number of ketones is 1. The first-order chi connectivity index (χ1) is 10.4. The Bertz CT molecular complexity index is 731. The van der Waals surface area contributed by atoms with Crippen LogP contribution in [0.15, 0.2) is 36.4 Å². The zero-order chi connectivity index (χ0) is 16.3. The van der Waals surface area contributed by atoms with Gasteiger partial charge in [0.1, 0.15) is 0 Å². The third-order valence-corrected chi connectivity index (χ3v) is 3.35. The molecule has 1 heterocycles. The van der Waals surface area contributed by atoms with Crippen molar-refractivity contribution in [1.82, 2.24) is 4.57 Å². The van der Waals surface area contributed by atoms with Crippen LogP contribution in [0.2, 0.25) is 0 Å². The van der Waals surface area contributed by atoms with Gasteiger partial charge in [-0.2, -0.15) is 0 Å². The number of benzene rings is 1. The third-order valence-electron chi connectivity index (χ3n) is 3.35. The van der Waals surface area contributed by atoms with Crippen LogP contribution >= 0.6 is 0 Å². The van der Waals surface area contributed by atoms with E-state index in [2.05, 4.69) is 4.74 Å². The smallest absolute Gasteiger partial charge is 0.311 e. The minimum atomic E-state index is -0.523. The van der Waals surface area contributed by atoms with Gasteiger partial charge in [-0.25, -0.2) is 0 Å². The van der Waals surface area contributed by atoms with Crippen molar-refractivity contribution in [1.29, 1.82) is 0 Å². The number of non-ortho nitro benzene ring substituents is 1. The van der Waals surface area contributed by atoms with Crippen LogP contribution in [0.25, 0.3) is 0 Å². The number of esters is 1. The molecule has 2 aromatic rings. The van der Waals surface area contributed by atoms with E-state index in [1.165, 1.54) is 31.4 Å². The number of ether oxygens (including phenoxy) is 1. The van der Waals surface area contributed by atoms with E-state index in [9.17, 15) is 19.7 Å². The second-order valence-corrected chi connectivity index (χ2v) is 4.65.